The van der Waals surface area contributed by atoms with Crippen molar-refractivity contribution >= 4 is 27.6 Å². The van der Waals surface area contributed by atoms with Crippen LogP contribution < -0.4 is 4.74 Å². The Kier molecular flexibility index (Phi) is 4.00. The van der Waals surface area contributed by atoms with Crippen LogP contribution in [-0.4, -0.2) is 10.9 Å². The number of carbonyl (C=O) groups excluding carboxylic acids is 1. The zero-order valence-electron chi connectivity index (χ0n) is 8.82. The molecule has 0 N–H and O–H groups in total. The Bertz CT molecular complexity index is 445. The van der Waals surface area contributed by atoms with E-state index in [1.165, 1.54) is 13.0 Å². The normalized spacial score (nSPS) is 9.94. The summed E-state index contributed by atoms with van der Waals surface area (Å²) in [5.41, 5.74) is 0.372. The minimum absolute atomic E-state index is 0.0243. The Morgan fingerprint density at radius 3 is 2.62 bits per heavy atom. The molecule has 0 heterocycles. The lowest BCUT2D eigenvalue weighted by atomic mass is 10.1. The van der Waals surface area contributed by atoms with E-state index in [9.17, 15) is 14.9 Å². The first-order valence-corrected chi connectivity index (χ1v) is 5.40. The summed E-state index contributed by atoms with van der Waals surface area (Å²) in [5.74, 6) is -0.605. The van der Waals surface area contributed by atoms with Crippen LogP contribution >= 0.6 is 15.9 Å². The molecule has 1 rings (SSSR count). The summed E-state index contributed by atoms with van der Waals surface area (Å²) in [5, 5.41) is 10.9. The minimum atomic E-state index is -0.580. The molecule has 0 aliphatic rings. The van der Waals surface area contributed by atoms with Gasteiger partial charge in [-0.15, -0.1) is 0 Å². The number of halogens is 1. The second-order valence-corrected chi connectivity index (χ2v) is 4.03. The van der Waals surface area contributed by atoms with Gasteiger partial charge in [-0.1, -0.05) is 22.9 Å². The predicted octanol–water partition coefficient (Wildman–Crippen LogP) is 2.85. The van der Waals surface area contributed by atoms with Gasteiger partial charge in [0.15, 0.2) is 0 Å². The zero-order valence-corrected chi connectivity index (χ0v) is 10.4. The highest BCUT2D eigenvalue weighted by atomic mass is 79.9. The Hall–Kier alpha value is -1.43. The average Bonchev–Trinajstić information content (AvgIpc) is 2.14. The van der Waals surface area contributed by atoms with Gasteiger partial charge < -0.3 is 4.74 Å². The van der Waals surface area contributed by atoms with Gasteiger partial charge in [0, 0.05) is 23.0 Å². The van der Waals surface area contributed by atoms with Crippen LogP contribution in [0.5, 0.6) is 5.75 Å². The van der Waals surface area contributed by atoms with Crippen LogP contribution in [0.15, 0.2) is 16.6 Å². The van der Waals surface area contributed by atoms with Gasteiger partial charge in [-0.05, 0) is 12.5 Å². The second kappa shape index (κ2) is 5.07. The monoisotopic (exact) mass is 287 g/mol. The predicted molar refractivity (Wildman–Crippen MR) is 61.5 cm³/mol. The molecule has 0 fully saturated rings. The highest BCUT2D eigenvalue weighted by Crippen LogP contribution is 2.34. The SMILES string of the molecule is CCc1cc(Br)cc(OC(C)=O)c1[N+](=O)[O-]. The van der Waals surface area contributed by atoms with Gasteiger partial charge in [-0.25, -0.2) is 0 Å². The van der Waals surface area contributed by atoms with Crippen molar-refractivity contribution in [2.24, 2.45) is 0 Å². The fraction of sp³-hybridized carbons (Fsp3) is 0.300. The van der Waals surface area contributed by atoms with E-state index in [4.69, 9.17) is 4.74 Å². The number of rotatable bonds is 3. The van der Waals surface area contributed by atoms with Crippen molar-refractivity contribution in [1.29, 1.82) is 0 Å². The van der Waals surface area contributed by atoms with Crippen molar-refractivity contribution in [3.8, 4) is 5.75 Å². The number of hydrogen-bond donors (Lipinski definition) is 0. The lowest BCUT2D eigenvalue weighted by Crippen LogP contribution is -2.06. The maximum absolute atomic E-state index is 10.9. The molecule has 6 heteroatoms. The number of nitro groups is 1. The molecule has 86 valence electrons. The van der Waals surface area contributed by atoms with Gasteiger partial charge in [0.25, 0.3) is 0 Å². The van der Waals surface area contributed by atoms with Gasteiger partial charge in [0.1, 0.15) is 0 Å². The summed E-state index contributed by atoms with van der Waals surface area (Å²) in [6.45, 7) is 3.00. The van der Waals surface area contributed by atoms with Crippen molar-refractivity contribution < 1.29 is 14.5 Å². The third kappa shape index (κ3) is 2.79. The summed E-state index contributed by atoms with van der Waals surface area (Å²) in [7, 11) is 0. The lowest BCUT2D eigenvalue weighted by molar-refractivity contribution is -0.386. The van der Waals surface area contributed by atoms with Crippen molar-refractivity contribution in [1.82, 2.24) is 0 Å². The third-order valence-electron chi connectivity index (χ3n) is 1.94. The van der Waals surface area contributed by atoms with E-state index in [1.807, 2.05) is 0 Å². The molecular formula is C10H10BrNO4. The van der Waals surface area contributed by atoms with Gasteiger partial charge in [-0.3, -0.25) is 14.9 Å². The van der Waals surface area contributed by atoms with Crippen molar-refractivity contribution in [2.75, 3.05) is 0 Å². The number of esters is 1. The summed E-state index contributed by atoms with van der Waals surface area (Å²) < 4.78 is 5.46. The minimum Gasteiger partial charge on any atom is -0.419 e. The Labute approximate surface area is 101 Å². The topological polar surface area (TPSA) is 69.4 Å². The van der Waals surface area contributed by atoms with Gasteiger partial charge in [0.2, 0.25) is 5.75 Å². The van der Waals surface area contributed by atoms with Crippen LogP contribution in [0.4, 0.5) is 5.69 Å². The van der Waals surface area contributed by atoms with Gasteiger partial charge in [-0.2, -0.15) is 0 Å². The molecular weight excluding hydrogens is 278 g/mol. The molecule has 0 radical (unpaired) electrons. The molecule has 0 unspecified atom stereocenters. The second-order valence-electron chi connectivity index (χ2n) is 3.12. The summed E-state index contributed by atoms with van der Waals surface area (Å²) in [6.07, 6.45) is 0.490. The van der Waals surface area contributed by atoms with Crippen LogP contribution in [0.25, 0.3) is 0 Å². The zero-order chi connectivity index (χ0) is 12.3. The number of carbonyl (C=O) groups is 1. The highest BCUT2D eigenvalue weighted by Gasteiger charge is 2.22. The van der Waals surface area contributed by atoms with Crippen molar-refractivity contribution in [3.63, 3.8) is 0 Å². The van der Waals surface area contributed by atoms with Crippen LogP contribution in [0.1, 0.15) is 19.4 Å². The molecule has 0 bridgehead atoms. The standard InChI is InChI=1S/C10H10BrNO4/c1-3-7-4-8(11)5-9(16-6(2)13)10(7)12(14)15/h4-5H,3H2,1-2H3. The molecule has 0 spiro atoms. The van der Waals surface area contributed by atoms with Crippen molar-refractivity contribution in [2.45, 2.75) is 20.3 Å². The molecule has 0 aliphatic carbocycles. The number of aryl methyl sites for hydroxylation is 1. The molecule has 0 aromatic heterocycles. The number of hydrogen-bond acceptors (Lipinski definition) is 4. The van der Waals surface area contributed by atoms with Gasteiger partial charge >= 0.3 is 11.7 Å². The van der Waals surface area contributed by atoms with E-state index in [-0.39, 0.29) is 11.4 Å². The average molecular weight is 288 g/mol. The molecule has 0 amide bonds. The Morgan fingerprint density at radius 2 is 2.19 bits per heavy atom. The number of nitrogens with zero attached hydrogens (tertiary/aromatic N) is 1. The molecule has 0 saturated heterocycles. The maximum atomic E-state index is 10.9. The molecule has 5 nitrogen and oxygen atoms in total. The third-order valence-corrected chi connectivity index (χ3v) is 2.39. The smallest absolute Gasteiger partial charge is 0.314 e. The molecule has 0 atom stereocenters. The fourth-order valence-electron chi connectivity index (χ4n) is 1.34. The van der Waals surface area contributed by atoms with E-state index in [0.717, 1.165) is 0 Å². The highest BCUT2D eigenvalue weighted by molar-refractivity contribution is 9.10. The van der Waals surface area contributed by atoms with E-state index in [2.05, 4.69) is 15.9 Å². The van der Waals surface area contributed by atoms with Crippen LogP contribution in [0, 0.1) is 10.1 Å². The number of nitro benzene ring substituents is 1. The molecule has 0 aliphatic heterocycles. The first-order chi connectivity index (χ1) is 7.45. The summed E-state index contributed by atoms with van der Waals surface area (Å²) >= 11 is 3.21. The summed E-state index contributed by atoms with van der Waals surface area (Å²) in [4.78, 5) is 21.2. The first-order valence-electron chi connectivity index (χ1n) is 4.61. The van der Waals surface area contributed by atoms with Crippen LogP contribution in [-0.2, 0) is 11.2 Å². The summed E-state index contributed by atoms with van der Waals surface area (Å²) in [6, 6.07) is 3.06. The van der Waals surface area contributed by atoms with Crippen molar-refractivity contribution in [3.05, 3.63) is 32.3 Å². The van der Waals surface area contributed by atoms with E-state index < -0.39 is 10.9 Å². The molecule has 16 heavy (non-hydrogen) atoms. The Balaban J connectivity index is 3.37. The quantitative estimate of drug-likeness (QED) is 0.371. The number of ether oxygens (including phenoxy) is 1. The van der Waals surface area contributed by atoms with Crippen LogP contribution in [0.2, 0.25) is 0 Å². The molecule has 1 aromatic rings. The number of benzene rings is 1. The van der Waals surface area contributed by atoms with Gasteiger partial charge in [0.05, 0.1) is 4.92 Å². The van der Waals surface area contributed by atoms with E-state index >= 15 is 0 Å². The fourth-order valence-corrected chi connectivity index (χ4v) is 1.82. The van der Waals surface area contributed by atoms with E-state index in [0.29, 0.717) is 16.5 Å². The Morgan fingerprint density at radius 1 is 1.56 bits per heavy atom. The first kappa shape index (κ1) is 12.6. The maximum Gasteiger partial charge on any atom is 0.314 e. The van der Waals surface area contributed by atoms with Crippen LogP contribution in [0.3, 0.4) is 0 Å². The largest absolute Gasteiger partial charge is 0.419 e. The molecule has 1 aromatic carbocycles. The molecule has 0 saturated carbocycles. The van der Waals surface area contributed by atoms with E-state index in [1.54, 1.807) is 13.0 Å². The lowest BCUT2D eigenvalue weighted by Gasteiger charge is -2.07.